The van der Waals surface area contributed by atoms with Crippen molar-refractivity contribution in [2.24, 2.45) is 0 Å². The standard InChI is InChI=1S/C11H5F7O3/c12-5-1-4(8(13)10(15)9(5)14)6(19)2-7(20)21-3-11(16,17)18/h1-2,19H,3H2. The van der Waals surface area contributed by atoms with Crippen molar-refractivity contribution < 1.29 is 45.4 Å². The van der Waals surface area contributed by atoms with Crippen LogP contribution < -0.4 is 0 Å². The Morgan fingerprint density at radius 2 is 1.71 bits per heavy atom. The molecule has 0 atom stereocenters. The summed E-state index contributed by atoms with van der Waals surface area (Å²) in [5.74, 6) is -11.5. The van der Waals surface area contributed by atoms with Gasteiger partial charge in [-0.15, -0.1) is 0 Å². The van der Waals surface area contributed by atoms with Gasteiger partial charge in [0, 0.05) is 0 Å². The Labute approximate surface area is 112 Å². The second-order valence-corrected chi connectivity index (χ2v) is 3.60. The molecule has 0 unspecified atom stereocenters. The third kappa shape index (κ3) is 4.36. The van der Waals surface area contributed by atoms with Crippen LogP contribution in [-0.2, 0) is 9.53 Å². The highest BCUT2D eigenvalue weighted by molar-refractivity contribution is 5.89. The first-order valence-electron chi connectivity index (χ1n) is 5.00. The number of rotatable bonds is 3. The van der Waals surface area contributed by atoms with E-state index in [2.05, 4.69) is 4.74 Å². The number of hydrogen-bond donors (Lipinski definition) is 1. The summed E-state index contributed by atoms with van der Waals surface area (Å²) in [6.07, 6.45) is -4.88. The molecule has 0 heterocycles. The van der Waals surface area contributed by atoms with Crippen LogP contribution in [-0.4, -0.2) is 23.9 Å². The van der Waals surface area contributed by atoms with E-state index in [0.717, 1.165) is 0 Å². The van der Waals surface area contributed by atoms with Crippen LogP contribution >= 0.6 is 0 Å². The lowest BCUT2D eigenvalue weighted by Gasteiger charge is -2.07. The minimum Gasteiger partial charge on any atom is -0.507 e. The minimum atomic E-state index is -4.83. The molecule has 1 N–H and O–H groups in total. The van der Waals surface area contributed by atoms with Gasteiger partial charge in [-0.3, -0.25) is 0 Å². The van der Waals surface area contributed by atoms with Crippen molar-refractivity contribution in [3.63, 3.8) is 0 Å². The summed E-state index contributed by atoms with van der Waals surface area (Å²) in [4.78, 5) is 10.9. The number of aliphatic hydroxyl groups is 1. The zero-order valence-corrected chi connectivity index (χ0v) is 9.77. The zero-order valence-electron chi connectivity index (χ0n) is 9.77. The topological polar surface area (TPSA) is 46.5 Å². The molecule has 1 aromatic rings. The molecule has 21 heavy (non-hydrogen) atoms. The predicted molar refractivity (Wildman–Crippen MR) is 53.9 cm³/mol. The lowest BCUT2D eigenvalue weighted by molar-refractivity contribution is -0.182. The number of benzene rings is 1. The van der Waals surface area contributed by atoms with Crippen molar-refractivity contribution in [3.8, 4) is 0 Å². The number of halogens is 7. The summed E-state index contributed by atoms with van der Waals surface area (Å²) >= 11 is 0. The van der Waals surface area contributed by atoms with Gasteiger partial charge in [-0.2, -0.15) is 13.2 Å². The van der Waals surface area contributed by atoms with Gasteiger partial charge in [-0.25, -0.2) is 22.4 Å². The van der Waals surface area contributed by atoms with E-state index in [1.54, 1.807) is 0 Å². The first kappa shape index (κ1) is 16.8. The number of ether oxygens (including phenoxy) is 1. The highest BCUT2D eigenvalue weighted by Gasteiger charge is 2.29. The number of aliphatic hydroxyl groups excluding tert-OH is 1. The number of hydrogen-bond acceptors (Lipinski definition) is 3. The first-order valence-corrected chi connectivity index (χ1v) is 5.00. The fourth-order valence-corrected chi connectivity index (χ4v) is 1.14. The third-order valence-corrected chi connectivity index (χ3v) is 2.01. The fourth-order valence-electron chi connectivity index (χ4n) is 1.14. The average molecular weight is 318 g/mol. The summed E-state index contributed by atoms with van der Waals surface area (Å²) in [7, 11) is 0. The van der Waals surface area contributed by atoms with Gasteiger partial charge in [0.25, 0.3) is 0 Å². The summed E-state index contributed by atoms with van der Waals surface area (Å²) < 4.78 is 90.4. The lowest BCUT2D eigenvalue weighted by atomic mass is 10.1. The van der Waals surface area contributed by atoms with Gasteiger partial charge in [0.05, 0.1) is 11.6 Å². The van der Waals surface area contributed by atoms with E-state index in [9.17, 15) is 40.6 Å². The summed E-state index contributed by atoms with van der Waals surface area (Å²) in [6, 6.07) is 0.0244. The van der Waals surface area contributed by atoms with Gasteiger partial charge in [0.15, 0.2) is 29.9 Å². The Hall–Kier alpha value is -2.26. The van der Waals surface area contributed by atoms with Crippen molar-refractivity contribution in [3.05, 3.63) is 41.0 Å². The molecule has 0 fully saturated rings. The molecular formula is C11H5F7O3. The van der Waals surface area contributed by atoms with Gasteiger partial charge < -0.3 is 9.84 Å². The molecule has 1 rings (SSSR count). The number of carbonyl (C=O) groups excluding carboxylic acids is 1. The lowest BCUT2D eigenvalue weighted by Crippen LogP contribution is -2.19. The molecule has 0 amide bonds. The van der Waals surface area contributed by atoms with Crippen LogP contribution in [0.1, 0.15) is 5.56 Å². The molecule has 10 heteroatoms. The maximum absolute atomic E-state index is 13.2. The molecule has 0 saturated heterocycles. The summed E-state index contributed by atoms with van der Waals surface area (Å²) in [6.45, 7) is -1.98. The predicted octanol–water partition coefficient (Wildman–Crippen LogP) is 3.25. The van der Waals surface area contributed by atoms with Crippen molar-refractivity contribution in [2.75, 3.05) is 6.61 Å². The van der Waals surface area contributed by atoms with Gasteiger partial charge in [0.2, 0.25) is 0 Å². The Kier molecular flexibility index (Phi) is 4.81. The maximum atomic E-state index is 13.2. The average Bonchev–Trinajstić information content (AvgIpc) is 2.37. The second kappa shape index (κ2) is 6.02. The van der Waals surface area contributed by atoms with Crippen molar-refractivity contribution >= 4 is 11.7 Å². The van der Waals surface area contributed by atoms with Crippen LogP contribution in [0, 0.1) is 23.3 Å². The van der Waals surface area contributed by atoms with Gasteiger partial charge in [-0.05, 0) is 6.07 Å². The van der Waals surface area contributed by atoms with Crippen LogP contribution in [0.5, 0.6) is 0 Å². The highest BCUT2D eigenvalue weighted by Crippen LogP contribution is 2.23. The molecule has 0 aromatic heterocycles. The van der Waals surface area contributed by atoms with E-state index >= 15 is 0 Å². The normalized spacial score (nSPS) is 12.4. The van der Waals surface area contributed by atoms with Gasteiger partial charge in [0.1, 0.15) is 5.76 Å². The first-order chi connectivity index (χ1) is 9.53. The number of esters is 1. The smallest absolute Gasteiger partial charge is 0.422 e. The maximum Gasteiger partial charge on any atom is 0.422 e. The Morgan fingerprint density at radius 1 is 1.14 bits per heavy atom. The molecule has 116 valence electrons. The third-order valence-electron chi connectivity index (χ3n) is 2.01. The summed E-state index contributed by atoms with van der Waals surface area (Å²) in [5.41, 5.74) is -1.25. The molecule has 0 aliphatic rings. The Bertz CT molecular complexity index is 592. The van der Waals surface area contributed by atoms with E-state index in [-0.39, 0.29) is 12.1 Å². The van der Waals surface area contributed by atoms with Gasteiger partial charge >= 0.3 is 12.1 Å². The monoisotopic (exact) mass is 318 g/mol. The van der Waals surface area contributed by atoms with Crippen LogP contribution in [0.4, 0.5) is 30.7 Å². The summed E-state index contributed by atoms with van der Waals surface area (Å²) in [5, 5.41) is 9.22. The van der Waals surface area contributed by atoms with E-state index in [0.29, 0.717) is 0 Å². The van der Waals surface area contributed by atoms with Crippen molar-refractivity contribution in [1.82, 2.24) is 0 Å². The van der Waals surface area contributed by atoms with Crippen molar-refractivity contribution in [2.45, 2.75) is 6.18 Å². The Morgan fingerprint density at radius 3 is 2.24 bits per heavy atom. The van der Waals surface area contributed by atoms with Crippen LogP contribution in [0.25, 0.3) is 5.76 Å². The number of carbonyl (C=O) groups is 1. The molecule has 1 aromatic carbocycles. The molecule has 0 saturated carbocycles. The molecule has 0 spiro atoms. The Balaban J connectivity index is 3.01. The van der Waals surface area contributed by atoms with Crippen LogP contribution in [0.15, 0.2) is 12.1 Å². The molecule has 0 bridgehead atoms. The van der Waals surface area contributed by atoms with Crippen molar-refractivity contribution in [1.29, 1.82) is 0 Å². The van der Waals surface area contributed by atoms with E-state index < -0.39 is 53.3 Å². The molecule has 0 aliphatic carbocycles. The quantitative estimate of drug-likeness (QED) is 0.232. The van der Waals surface area contributed by atoms with Gasteiger partial charge in [-0.1, -0.05) is 0 Å². The molecule has 0 aliphatic heterocycles. The highest BCUT2D eigenvalue weighted by atomic mass is 19.4. The SMILES string of the molecule is O=C(C=C(O)c1cc(F)c(F)c(F)c1F)OCC(F)(F)F. The van der Waals surface area contributed by atoms with E-state index in [1.807, 2.05) is 0 Å². The van der Waals surface area contributed by atoms with E-state index in [4.69, 9.17) is 0 Å². The van der Waals surface area contributed by atoms with Crippen LogP contribution in [0.3, 0.4) is 0 Å². The molecule has 3 nitrogen and oxygen atoms in total. The van der Waals surface area contributed by atoms with E-state index in [1.165, 1.54) is 0 Å². The van der Waals surface area contributed by atoms with Crippen LogP contribution in [0.2, 0.25) is 0 Å². The molecular weight excluding hydrogens is 313 g/mol. The zero-order chi connectivity index (χ0) is 16.4. The number of alkyl halides is 3. The fraction of sp³-hybridized carbons (Fsp3) is 0.182. The molecule has 0 radical (unpaired) electrons. The minimum absolute atomic E-state index is 0.0244. The largest absolute Gasteiger partial charge is 0.507 e. The second-order valence-electron chi connectivity index (χ2n) is 3.60.